The van der Waals surface area contributed by atoms with E-state index < -0.39 is 23.4 Å². The summed E-state index contributed by atoms with van der Waals surface area (Å²) in [4.78, 5) is 54.4. The van der Waals surface area contributed by atoms with E-state index in [1.807, 2.05) is 24.3 Å². The van der Waals surface area contributed by atoms with Crippen LogP contribution in [0.5, 0.6) is 0 Å². The molecule has 29 heavy (non-hydrogen) atoms. The third-order valence-corrected chi connectivity index (χ3v) is 5.88. The number of benzene rings is 1. The van der Waals surface area contributed by atoms with E-state index in [1.54, 1.807) is 4.90 Å². The van der Waals surface area contributed by atoms with Crippen LogP contribution >= 0.6 is 0 Å². The van der Waals surface area contributed by atoms with Crippen molar-refractivity contribution in [3.63, 3.8) is 0 Å². The zero-order valence-corrected chi connectivity index (χ0v) is 16.3. The molecule has 1 spiro atoms. The first-order valence-electron chi connectivity index (χ1n) is 9.74. The first kappa shape index (κ1) is 19.4. The number of urea groups is 1. The molecule has 0 aromatic heterocycles. The van der Waals surface area contributed by atoms with Crippen molar-refractivity contribution >= 4 is 23.8 Å². The van der Waals surface area contributed by atoms with Crippen LogP contribution in [0.3, 0.4) is 0 Å². The Morgan fingerprint density at radius 3 is 2.69 bits per heavy atom. The van der Waals surface area contributed by atoms with Gasteiger partial charge in [0.1, 0.15) is 12.1 Å². The fourth-order valence-corrected chi connectivity index (χ4v) is 4.19. The van der Waals surface area contributed by atoms with Gasteiger partial charge in [0.25, 0.3) is 5.91 Å². The summed E-state index contributed by atoms with van der Waals surface area (Å²) in [6, 6.07) is 6.96. The zero-order chi connectivity index (χ0) is 20.6. The van der Waals surface area contributed by atoms with Crippen LogP contribution in [0.15, 0.2) is 24.3 Å². The molecular weight excluding hydrogens is 376 g/mol. The Bertz CT molecular complexity index is 866. The third-order valence-electron chi connectivity index (χ3n) is 5.88. The highest BCUT2D eigenvalue weighted by molar-refractivity contribution is 6.10. The van der Waals surface area contributed by atoms with Crippen LogP contribution in [0.2, 0.25) is 0 Å². The number of nitrogens with zero attached hydrogens (tertiary/aromatic N) is 3. The lowest BCUT2D eigenvalue weighted by atomic mass is 9.92. The van der Waals surface area contributed by atoms with E-state index in [2.05, 4.69) is 5.32 Å². The number of amides is 5. The predicted molar refractivity (Wildman–Crippen MR) is 102 cm³/mol. The Hall–Kier alpha value is -2.94. The summed E-state index contributed by atoms with van der Waals surface area (Å²) in [7, 11) is 1.50. The topological polar surface area (TPSA) is 99.3 Å². The average molecular weight is 400 g/mol. The average Bonchev–Trinajstić information content (AvgIpc) is 3.22. The van der Waals surface area contributed by atoms with Crippen molar-refractivity contribution in [1.82, 2.24) is 20.0 Å². The van der Waals surface area contributed by atoms with E-state index >= 15 is 0 Å². The number of imide groups is 1. The molecule has 2 saturated heterocycles. The standard InChI is InChI=1S/C20H24N4O5/c1-22(12-17(26)23-8-10-29-11-9-23)16(25)13-24-18(27)20(21-19(24)28)7-6-14-4-2-3-5-15(14)20/h2-5H,6-13H2,1H3,(H,21,28)/t20-/m1/s1. The van der Waals surface area contributed by atoms with Crippen molar-refractivity contribution in [2.24, 2.45) is 0 Å². The number of nitrogens with one attached hydrogen (secondary N) is 1. The Balaban J connectivity index is 1.41. The smallest absolute Gasteiger partial charge is 0.325 e. The molecule has 0 unspecified atom stereocenters. The summed E-state index contributed by atoms with van der Waals surface area (Å²) in [6.07, 6.45) is 1.17. The second-order valence-corrected chi connectivity index (χ2v) is 7.63. The number of carbonyl (C=O) groups excluding carboxylic acids is 4. The highest BCUT2D eigenvalue weighted by atomic mass is 16.5. The molecule has 1 aliphatic carbocycles. The van der Waals surface area contributed by atoms with Gasteiger partial charge in [-0.2, -0.15) is 0 Å². The maximum absolute atomic E-state index is 13.1. The van der Waals surface area contributed by atoms with Crippen LogP contribution in [0.4, 0.5) is 4.79 Å². The van der Waals surface area contributed by atoms with Gasteiger partial charge >= 0.3 is 6.03 Å². The molecule has 9 nitrogen and oxygen atoms in total. The first-order valence-corrected chi connectivity index (χ1v) is 9.74. The van der Waals surface area contributed by atoms with Crippen LogP contribution in [0.1, 0.15) is 17.5 Å². The van der Waals surface area contributed by atoms with Crippen molar-refractivity contribution in [2.45, 2.75) is 18.4 Å². The quantitative estimate of drug-likeness (QED) is 0.700. The van der Waals surface area contributed by atoms with Gasteiger partial charge in [-0.1, -0.05) is 24.3 Å². The molecule has 2 fully saturated rings. The van der Waals surface area contributed by atoms with Gasteiger partial charge in [0.05, 0.1) is 19.8 Å². The zero-order valence-electron chi connectivity index (χ0n) is 16.3. The fraction of sp³-hybridized carbons (Fsp3) is 0.500. The lowest BCUT2D eigenvalue weighted by molar-refractivity contribution is -0.143. The van der Waals surface area contributed by atoms with Crippen molar-refractivity contribution in [2.75, 3.05) is 46.4 Å². The molecule has 3 aliphatic rings. The number of ether oxygens (including phenoxy) is 1. The van der Waals surface area contributed by atoms with Gasteiger partial charge < -0.3 is 19.9 Å². The summed E-state index contributed by atoms with van der Waals surface area (Å²) in [5.41, 5.74) is 0.738. The van der Waals surface area contributed by atoms with E-state index in [0.717, 1.165) is 16.0 Å². The van der Waals surface area contributed by atoms with Crippen LogP contribution < -0.4 is 5.32 Å². The van der Waals surface area contributed by atoms with Gasteiger partial charge in [-0.3, -0.25) is 19.3 Å². The van der Waals surface area contributed by atoms with Gasteiger partial charge in [-0.25, -0.2) is 4.79 Å². The Morgan fingerprint density at radius 2 is 1.93 bits per heavy atom. The van der Waals surface area contributed by atoms with Gasteiger partial charge in [0.2, 0.25) is 11.8 Å². The minimum atomic E-state index is -1.09. The summed E-state index contributed by atoms with van der Waals surface area (Å²) >= 11 is 0. The van der Waals surface area contributed by atoms with Crippen molar-refractivity contribution < 1.29 is 23.9 Å². The highest BCUT2D eigenvalue weighted by Gasteiger charge is 2.55. The minimum absolute atomic E-state index is 0.101. The number of aryl methyl sites for hydroxylation is 1. The van der Waals surface area contributed by atoms with Gasteiger partial charge in [0.15, 0.2) is 0 Å². The Morgan fingerprint density at radius 1 is 1.21 bits per heavy atom. The molecule has 4 rings (SSSR count). The second kappa shape index (κ2) is 7.47. The third kappa shape index (κ3) is 3.35. The molecule has 5 amide bonds. The van der Waals surface area contributed by atoms with Crippen molar-refractivity contribution in [3.8, 4) is 0 Å². The maximum atomic E-state index is 13.1. The van der Waals surface area contributed by atoms with Crippen molar-refractivity contribution in [1.29, 1.82) is 0 Å². The molecule has 0 radical (unpaired) electrons. The van der Waals surface area contributed by atoms with E-state index in [0.29, 0.717) is 39.1 Å². The summed E-state index contributed by atoms with van der Waals surface area (Å²) in [5.74, 6) is -1.05. The molecule has 1 aromatic rings. The maximum Gasteiger partial charge on any atom is 0.325 e. The largest absolute Gasteiger partial charge is 0.378 e. The molecule has 2 heterocycles. The molecule has 154 valence electrons. The molecule has 1 atom stereocenters. The van der Waals surface area contributed by atoms with Crippen LogP contribution in [-0.2, 0) is 31.1 Å². The Labute approximate surface area is 168 Å². The van der Waals surface area contributed by atoms with E-state index in [1.165, 1.54) is 11.9 Å². The number of rotatable bonds is 4. The lowest BCUT2D eigenvalue weighted by Crippen LogP contribution is -2.48. The van der Waals surface area contributed by atoms with E-state index in [9.17, 15) is 19.2 Å². The molecule has 1 aromatic carbocycles. The second-order valence-electron chi connectivity index (χ2n) is 7.63. The number of hydrogen-bond donors (Lipinski definition) is 1. The number of carbonyl (C=O) groups is 4. The monoisotopic (exact) mass is 400 g/mol. The molecule has 1 N–H and O–H groups in total. The van der Waals surface area contributed by atoms with Crippen LogP contribution in [0.25, 0.3) is 0 Å². The summed E-state index contributed by atoms with van der Waals surface area (Å²) < 4.78 is 5.22. The number of likely N-dealkylation sites (N-methyl/N-ethyl adjacent to an activating group) is 1. The number of hydrogen-bond acceptors (Lipinski definition) is 5. The van der Waals surface area contributed by atoms with Crippen LogP contribution in [-0.4, -0.2) is 84.9 Å². The molecule has 9 heteroatoms. The van der Waals surface area contributed by atoms with E-state index in [-0.39, 0.29) is 19.0 Å². The minimum Gasteiger partial charge on any atom is -0.378 e. The summed E-state index contributed by atoms with van der Waals surface area (Å²) in [6.45, 7) is 1.47. The van der Waals surface area contributed by atoms with Gasteiger partial charge in [0, 0.05) is 20.1 Å². The fourth-order valence-electron chi connectivity index (χ4n) is 4.19. The highest BCUT2D eigenvalue weighted by Crippen LogP contribution is 2.41. The SMILES string of the molecule is CN(CC(=O)N1CCOCC1)C(=O)CN1C(=O)N[C@@]2(CCc3ccccc32)C1=O. The first-order chi connectivity index (χ1) is 13.9. The predicted octanol–water partition coefficient (Wildman–Crippen LogP) is -0.303. The lowest BCUT2D eigenvalue weighted by Gasteiger charge is -2.29. The number of fused-ring (bicyclic) bond motifs is 2. The van der Waals surface area contributed by atoms with E-state index in [4.69, 9.17) is 4.74 Å². The number of morpholine rings is 1. The van der Waals surface area contributed by atoms with Crippen molar-refractivity contribution in [3.05, 3.63) is 35.4 Å². The van der Waals surface area contributed by atoms with Crippen LogP contribution in [0, 0.1) is 0 Å². The Kier molecular flexibility index (Phi) is 4.99. The molecule has 0 saturated carbocycles. The van der Waals surface area contributed by atoms with Gasteiger partial charge in [-0.05, 0) is 24.0 Å². The van der Waals surface area contributed by atoms with Gasteiger partial charge in [-0.15, -0.1) is 0 Å². The molecule has 0 bridgehead atoms. The molecular formula is C20H24N4O5. The summed E-state index contributed by atoms with van der Waals surface area (Å²) in [5, 5.41) is 2.80. The molecule has 2 aliphatic heterocycles. The normalized spacial score (nSPS) is 23.3.